The number of hydrogen-bond acceptors (Lipinski definition) is 7. The molecule has 0 bridgehead atoms. The maximum Gasteiger partial charge on any atom is 0.306 e. The molecule has 0 aromatic rings. The summed E-state index contributed by atoms with van der Waals surface area (Å²) >= 11 is 0. The number of esters is 1. The predicted molar refractivity (Wildman–Crippen MR) is 93.1 cm³/mol. The Morgan fingerprint density at radius 1 is 1.16 bits per heavy atom. The number of amides is 1. The summed E-state index contributed by atoms with van der Waals surface area (Å²) in [6.07, 6.45) is -0.651. The van der Waals surface area contributed by atoms with Crippen LogP contribution in [0.1, 0.15) is 26.2 Å². The second-order valence-corrected chi connectivity index (χ2v) is 6.05. The normalized spacial score (nSPS) is 26.0. The van der Waals surface area contributed by atoms with Gasteiger partial charge in [0.1, 0.15) is 20.1 Å². The van der Waals surface area contributed by atoms with Gasteiger partial charge in [-0.1, -0.05) is 6.92 Å². The molecule has 0 aliphatic carbocycles. The van der Waals surface area contributed by atoms with Gasteiger partial charge in [-0.25, -0.2) is 0 Å². The van der Waals surface area contributed by atoms with Gasteiger partial charge in [-0.05, 0) is 6.42 Å². The van der Waals surface area contributed by atoms with Gasteiger partial charge in [0.05, 0.1) is 31.7 Å². The standard InChI is InChI=1S/C16H30BNO7/c1-5-11-14(25-13(20)7-6-12(19)18-2)15(16(17)24-11)23-10(8-21-3)9-22-4/h10-11,14-16H,5-9,17H2,1-4H3,(H,18,19)/t11-,14?,15+,16-/m1/s1. The Kier molecular flexibility index (Phi) is 10.0. The molecule has 1 fully saturated rings. The molecule has 1 N–H and O–H groups in total. The lowest BCUT2D eigenvalue weighted by atomic mass is 9.92. The summed E-state index contributed by atoms with van der Waals surface area (Å²) in [6.45, 7) is 2.70. The van der Waals surface area contributed by atoms with Gasteiger partial charge < -0.3 is 29.0 Å². The van der Waals surface area contributed by atoms with Gasteiger partial charge in [0, 0.05) is 27.7 Å². The van der Waals surface area contributed by atoms with E-state index in [1.54, 1.807) is 14.2 Å². The van der Waals surface area contributed by atoms with Gasteiger partial charge in [0.25, 0.3) is 0 Å². The van der Waals surface area contributed by atoms with Crippen molar-refractivity contribution in [2.24, 2.45) is 0 Å². The Morgan fingerprint density at radius 2 is 1.80 bits per heavy atom. The number of methoxy groups -OCH3 is 2. The van der Waals surface area contributed by atoms with Crippen LogP contribution in [-0.2, 0) is 33.3 Å². The van der Waals surface area contributed by atoms with Gasteiger partial charge in [0.15, 0.2) is 6.10 Å². The van der Waals surface area contributed by atoms with E-state index in [-0.39, 0.29) is 37.0 Å². The number of rotatable bonds is 11. The summed E-state index contributed by atoms with van der Waals surface area (Å²) in [5.41, 5.74) is 0. The molecule has 0 spiro atoms. The van der Waals surface area contributed by atoms with Crippen molar-refractivity contribution in [3.05, 3.63) is 0 Å². The van der Waals surface area contributed by atoms with E-state index in [2.05, 4.69) is 5.32 Å². The average Bonchev–Trinajstić information content (AvgIpc) is 2.88. The molecule has 8 nitrogen and oxygen atoms in total. The van der Waals surface area contributed by atoms with Crippen molar-refractivity contribution in [1.82, 2.24) is 5.32 Å². The molecular formula is C16H30BNO7. The van der Waals surface area contributed by atoms with E-state index in [0.29, 0.717) is 19.6 Å². The molecule has 0 radical (unpaired) electrons. The van der Waals surface area contributed by atoms with Crippen molar-refractivity contribution in [2.45, 2.75) is 56.6 Å². The molecule has 1 rings (SSSR count). The van der Waals surface area contributed by atoms with Crippen LogP contribution in [0.25, 0.3) is 0 Å². The Morgan fingerprint density at radius 3 is 2.32 bits per heavy atom. The Hall–Kier alpha value is -1.16. The van der Waals surface area contributed by atoms with Gasteiger partial charge in [-0.3, -0.25) is 9.59 Å². The summed E-state index contributed by atoms with van der Waals surface area (Å²) in [5, 5.41) is 2.48. The first kappa shape index (κ1) is 21.9. The van der Waals surface area contributed by atoms with Crippen molar-refractivity contribution in [2.75, 3.05) is 34.5 Å². The smallest absolute Gasteiger partial charge is 0.306 e. The van der Waals surface area contributed by atoms with E-state index in [4.69, 9.17) is 23.7 Å². The molecule has 0 aromatic heterocycles. The molecule has 144 valence electrons. The minimum atomic E-state index is -0.520. The molecule has 0 aromatic carbocycles. The molecule has 9 heteroatoms. The fourth-order valence-electron chi connectivity index (χ4n) is 2.84. The van der Waals surface area contributed by atoms with E-state index >= 15 is 0 Å². The quantitative estimate of drug-likeness (QED) is 0.383. The molecule has 1 saturated heterocycles. The Balaban J connectivity index is 2.72. The maximum absolute atomic E-state index is 12.1. The zero-order valence-electron chi connectivity index (χ0n) is 15.8. The first-order valence-corrected chi connectivity index (χ1v) is 8.65. The molecule has 0 saturated carbocycles. The average molecular weight is 359 g/mol. The molecule has 1 aliphatic rings. The van der Waals surface area contributed by atoms with Crippen molar-refractivity contribution in [3.8, 4) is 0 Å². The molecule has 1 unspecified atom stereocenters. The highest BCUT2D eigenvalue weighted by Gasteiger charge is 2.45. The first-order valence-electron chi connectivity index (χ1n) is 8.65. The summed E-state index contributed by atoms with van der Waals surface area (Å²) in [5.74, 6) is -0.638. The lowest BCUT2D eigenvalue weighted by molar-refractivity contribution is -0.163. The second-order valence-electron chi connectivity index (χ2n) is 6.05. The number of carbonyl (C=O) groups excluding carboxylic acids is 2. The third-order valence-electron chi connectivity index (χ3n) is 4.10. The summed E-state index contributed by atoms with van der Waals surface area (Å²) < 4.78 is 27.8. The van der Waals surface area contributed by atoms with Crippen LogP contribution < -0.4 is 5.32 Å². The third-order valence-corrected chi connectivity index (χ3v) is 4.10. The van der Waals surface area contributed by atoms with Crippen LogP contribution in [0.3, 0.4) is 0 Å². The van der Waals surface area contributed by atoms with Crippen molar-refractivity contribution in [1.29, 1.82) is 0 Å². The van der Waals surface area contributed by atoms with Crippen molar-refractivity contribution >= 4 is 19.7 Å². The zero-order valence-corrected chi connectivity index (χ0v) is 15.8. The predicted octanol–water partition coefficient (Wildman–Crippen LogP) is -0.761. The molecule has 4 atom stereocenters. The van der Waals surface area contributed by atoms with Crippen LogP contribution in [0.15, 0.2) is 0 Å². The lowest BCUT2D eigenvalue weighted by Crippen LogP contribution is -2.43. The highest BCUT2D eigenvalue weighted by molar-refractivity contribution is 6.11. The third kappa shape index (κ3) is 6.93. The SMILES string of the molecule is B[C@@H]1O[C@H](CC)C(OC(=O)CCC(=O)NC)[C@@H]1OC(COC)COC. The van der Waals surface area contributed by atoms with E-state index in [9.17, 15) is 9.59 Å². The van der Waals surface area contributed by atoms with Crippen LogP contribution in [-0.4, -0.2) is 84.6 Å². The second kappa shape index (κ2) is 11.5. The minimum absolute atomic E-state index is 0.0211. The molecule has 25 heavy (non-hydrogen) atoms. The molecular weight excluding hydrogens is 329 g/mol. The number of nitrogens with one attached hydrogen (secondary N) is 1. The number of carbonyl (C=O) groups is 2. The van der Waals surface area contributed by atoms with E-state index in [1.165, 1.54) is 7.05 Å². The van der Waals surface area contributed by atoms with E-state index in [0.717, 1.165) is 0 Å². The number of hydrogen-bond donors (Lipinski definition) is 1. The fraction of sp³-hybridized carbons (Fsp3) is 0.875. The summed E-state index contributed by atoms with van der Waals surface area (Å²) in [4.78, 5) is 23.4. The summed E-state index contributed by atoms with van der Waals surface area (Å²) in [6, 6.07) is -0.224. The Labute approximate surface area is 150 Å². The van der Waals surface area contributed by atoms with Crippen molar-refractivity contribution < 1.29 is 33.3 Å². The zero-order chi connectivity index (χ0) is 18.8. The molecule has 1 heterocycles. The van der Waals surface area contributed by atoms with E-state index in [1.807, 2.05) is 14.8 Å². The topological polar surface area (TPSA) is 92.3 Å². The van der Waals surface area contributed by atoms with Gasteiger partial charge >= 0.3 is 5.97 Å². The monoisotopic (exact) mass is 359 g/mol. The van der Waals surface area contributed by atoms with Gasteiger partial charge in [-0.15, -0.1) is 0 Å². The highest BCUT2D eigenvalue weighted by atomic mass is 16.6. The largest absolute Gasteiger partial charge is 0.457 e. The van der Waals surface area contributed by atoms with Crippen molar-refractivity contribution in [3.63, 3.8) is 0 Å². The van der Waals surface area contributed by atoms with Gasteiger partial charge in [-0.2, -0.15) is 0 Å². The van der Waals surface area contributed by atoms with Crippen LogP contribution in [0, 0.1) is 0 Å². The minimum Gasteiger partial charge on any atom is -0.457 e. The lowest BCUT2D eigenvalue weighted by Gasteiger charge is -2.27. The summed E-state index contributed by atoms with van der Waals surface area (Å²) in [7, 11) is 6.60. The van der Waals surface area contributed by atoms with Crippen LogP contribution in [0.5, 0.6) is 0 Å². The Bertz CT molecular complexity index is 417. The van der Waals surface area contributed by atoms with Crippen LogP contribution in [0.2, 0.25) is 0 Å². The van der Waals surface area contributed by atoms with Crippen LogP contribution in [0.4, 0.5) is 0 Å². The fourth-order valence-corrected chi connectivity index (χ4v) is 2.84. The highest BCUT2D eigenvalue weighted by Crippen LogP contribution is 2.28. The van der Waals surface area contributed by atoms with E-state index < -0.39 is 18.2 Å². The first-order chi connectivity index (χ1) is 12.0. The maximum atomic E-state index is 12.1. The molecule has 1 amide bonds. The number of ether oxygens (including phenoxy) is 5. The van der Waals surface area contributed by atoms with Crippen LogP contribution >= 0.6 is 0 Å². The molecule has 1 aliphatic heterocycles. The van der Waals surface area contributed by atoms with Gasteiger partial charge in [0.2, 0.25) is 5.91 Å².